The number of carboxylic acids is 1. The van der Waals surface area contributed by atoms with Gasteiger partial charge in [-0.2, -0.15) is 0 Å². The lowest BCUT2D eigenvalue weighted by Crippen LogP contribution is -2.31. The van der Waals surface area contributed by atoms with E-state index < -0.39 is 5.97 Å². The topological polar surface area (TPSA) is 79.5 Å². The van der Waals surface area contributed by atoms with Crippen molar-refractivity contribution in [1.82, 2.24) is 5.32 Å². The van der Waals surface area contributed by atoms with Gasteiger partial charge in [0.05, 0.1) is 0 Å². The summed E-state index contributed by atoms with van der Waals surface area (Å²) in [4.78, 5) is 23.1. The molecule has 5 nitrogen and oxygen atoms in total. The molecule has 0 unspecified atom stereocenters. The molecular weight excluding hydrogens is 306 g/mol. The molecule has 1 amide bonds. The highest BCUT2D eigenvalue weighted by molar-refractivity contribution is 5.85. The molecule has 0 aliphatic heterocycles. The van der Waals surface area contributed by atoms with E-state index in [0.29, 0.717) is 12.3 Å². The summed E-state index contributed by atoms with van der Waals surface area (Å²) in [6.07, 6.45) is 5.47. The van der Waals surface area contributed by atoms with E-state index in [2.05, 4.69) is 5.32 Å². The average molecular weight is 327 g/mol. The predicted octanol–water partition coefficient (Wildman–Crippen LogP) is 3.84. The van der Waals surface area contributed by atoms with Crippen LogP contribution in [0.25, 0.3) is 11.3 Å². The lowest BCUT2D eigenvalue weighted by atomic mass is 9.88. The van der Waals surface area contributed by atoms with Gasteiger partial charge in [-0.3, -0.25) is 4.79 Å². The van der Waals surface area contributed by atoms with E-state index in [4.69, 9.17) is 9.52 Å². The van der Waals surface area contributed by atoms with Crippen LogP contribution in [0, 0.1) is 5.92 Å². The van der Waals surface area contributed by atoms with Gasteiger partial charge in [0.15, 0.2) is 0 Å². The van der Waals surface area contributed by atoms with Gasteiger partial charge in [-0.05, 0) is 36.6 Å². The largest absolute Gasteiger partial charge is 0.475 e. The molecule has 2 aromatic rings. The van der Waals surface area contributed by atoms with Crippen molar-refractivity contribution in [3.63, 3.8) is 0 Å². The predicted molar refractivity (Wildman–Crippen MR) is 89.5 cm³/mol. The van der Waals surface area contributed by atoms with Crippen LogP contribution in [0.1, 0.15) is 48.2 Å². The normalized spacial score (nSPS) is 15.2. The van der Waals surface area contributed by atoms with Gasteiger partial charge in [-0.15, -0.1) is 0 Å². The maximum absolute atomic E-state index is 12.2. The number of amides is 1. The number of aromatic carboxylic acids is 1. The Labute approximate surface area is 140 Å². The van der Waals surface area contributed by atoms with Crippen LogP contribution in [0.4, 0.5) is 0 Å². The molecular formula is C19H21NO4. The summed E-state index contributed by atoms with van der Waals surface area (Å²) in [7, 11) is 0. The first-order chi connectivity index (χ1) is 11.6. The SMILES string of the molecule is O=C(O)c1ccc(-c2cccc(CNC(=O)C3CCCCC3)c2)o1. The van der Waals surface area contributed by atoms with Gasteiger partial charge >= 0.3 is 5.97 Å². The molecule has 5 heteroatoms. The molecule has 0 radical (unpaired) electrons. The van der Waals surface area contributed by atoms with Crippen molar-refractivity contribution in [3.05, 3.63) is 47.7 Å². The Balaban J connectivity index is 1.64. The van der Waals surface area contributed by atoms with E-state index in [9.17, 15) is 9.59 Å². The number of carbonyl (C=O) groups excluding carboxylic acids is 1. The first-order valence-corrected chi connectivity index (χ1v) is 8.33. The molecule has 2 N–H and O–H groups in total. The van der Waals surface area contributed by atoms with E-state index in [1.807, 2.05) is 24.3 Å². The number of rotatable bonds is 5. The fraction of sp³-hybridized carbons (Fsp3) is 0.368. The summed E-state index contributed by atoms with van der Waals surface area (Å²) < 4.78 is 5.32. The van der Waals surface area contributed by atoms with E-state index in [1.54, 1.807) is 6.07 Å². The highest BCUT2D eigenvalue weighted by Crippen LogP contribution is 2.25. The molecule has 1 saturated carbocycles. The van der Waals surface area contributed by atoms with Crippen LogP contribution in [-0.4, -0.2) is 17.0 Å². The van der Waals surface area contributed by atoms with Crippen LogP contribution in [0.2, 0.25) is 0 Å². The Bertz CT molecular complexity index is 728. The Kier molecular flexibility index (Phi) is 4.99. The molecule has 1 aliphatic carbocycles. The van der Waals surface area contributed by atoms with Gasteiger partial charge in [0.2, 0.25) is 11.7 Å². The van der Waals surface area contributed by atoms with E-state index >= 15 is 0 Å². The van der Waals surface area contributed by atoms with Crippen LogP contribution >= 0.6 is 0 Å². The number of furan rings is 1. The van der Waals surface area contributed by atoms with Crippen LogP contribution in [0.3, 0.4) is 0 Å². The van der Waals surface area contributed by atoms with Crippen molar-refractivity contribution < 1.29 is 19.1 Å². The molecule has 0 atom stereocenters. The first kappa shape index (κ1) is 16.3. The summed E-state index contributed by atoms with van der Waals surface area (Å²) in [6, 6.07) is 10.7. The van der Waals surface area contributed by atoms with Gasteiger partial charge in [0.1, 0.15) is 5.76 Å². The maximum atomic E-state index is 12.2. The smallest absolute Gasteiger partial charge is 0.371 e. The van der Waals surface area contributed by atoms with Gasteiger partial charge in [-0.1, -0.05) is 37.5 Å². The van der Waals surface area contributed by atoms with Crippen LogP contribution < -0.4 is 5.32 Å². The molecule has 1 fully saturated rings. The summed E-state index contributed by atoms with van der Waals surface area (Å²) >= 11 is 0. The second kappa shape index (κ2) is 7.34. The van der Waals surface area contributed by atoms with Crippen molar-refractivity contribution in [3.8, 4) is 11.3 Å². The number of hydrogen-bond donors (Lipinski definition) is 2. The summed E-state index contributed by atoms with van der Waals surface area (Å²) in [5.41, 5.74) is 1.76. The van der Waals surface area contributed by atoms with Gasteiger partial charge in [0.25, 0.3) is 0 Å². The zero-order valence-electron chi connectivity index (χ0n) is 13.5. The molecule has 1 aromatic heterocycles. The van der Waals surface area contributed by atoms with Crippen molar-refractivity contribution in [2.75, 3.05) is 0 Å². The summed E-state index contributed by atoms with van der Waals surface area (Å²) in [5.74, 6) is -0.387. The molecule has 1 aromatic carbocycles. The molecule has 1 aliphatic rings. The van der Waals surface area contributed by atoms with Crippen molar-refractivity contribution in [1.29, 1.82) is 0 Å². The highest BCUT2D eigenvalue weighted by Gasteiger charge is 2.20. The number of carboxylic acid groups (broad SMARTS) is 1. The standard InChI is InChI=1S/C19H21NO4/c21-18(14-6-2-1-3-7-14)20-12-13-5-4-8-15(11-13)16-9-10-17(24-16)19(22)23/h4-5,8-11,14H,1-3,6-7,12H2,(H,20,21)(H,22,23). The Morgan fingerprint density at radius 2 is 1.92 bits per heavy atom. The lowest BCUT2D eigenvalue weighted by Gasteiger charge is -2.20. The van der Waals surface area contributed by atoms with E-state index in [1.165, 1.54) is 12.5 Å². The molecule has 0 spiro atoms. The maximum Gasteiger partial charge on any atom is 0.371 e. The third-order valence-corrected chi connectivity index (χ3v) is 4.47. The molecule has 3 rings (SSSR count). The second-order valence-corrected chi connectivity index (χ2v) is 6.22. The lowest BCUT2D eigenvalue weighted by molar-refractivity contribution is -0.126. The van der Waals surface area contributed by atoms with Gasteiger partial charge in [0, 0.05) is 18.0 Å². The first-order valence-electron chi connectivity index (χ1n) is 8.33. The fourth-order valence-corrected chi connectivity index (χ4v) is 3.14. The van der Waals surface area contributed by atoms with Crippen LogP contribution in [0.5, 0.6) is 0 Å². The van der Waals surface area contributed by atoms with E-state index in [-0.39, 0.29) is 17.6 Å². The van der Waals surface area contributed by atoms with Crippen molar-refractivity contribution in [2.24, 2.45) is 5.92 Å². The molecule has 126 valence electrons. The van der Waals surface area contributed by atoms with E-state index in [0.717, 1.165) is 36.8 Å². The Hall–Kier alpha value is -2.56. The van der Waals surface area contributed by atoms with Gasteiger partial charge < -0.3 is 14.8 Å². The third kappa shape index (κ3) is 3.85. The zero-order valence-corrected chi connectivity index (χ0v) is 13.5. The number of nitrogens with one attached hydrogen (secondary N) is 1. The van der Waals surface area contributed by atoms with Crippen molar-refractivity contribution >= 4 is 11.9 Å². The second-order valence-electron chi connectivity index (χ2n) is 6.22. The van der Waals surface area contributed by atoms with Crippen molar-refractivity contribution in [2.45, 2.75) is 38.6 Å². The minimum Gasteiger partial charge on any atom is -0.475 e. The molecule has 0 bridgehead atoms. The minimum atomic E-state index is -1.09. The third-order valence-electron chi connectivity index (χ3n) is 4.47. The molecule has 1 heterocycles. The monoisotopic (exact) mass is 327 g/mol. The van der Waals surface area contributed by atoms with Crippen LogP contribution in [-0.2, 0) is 11.3 Å². The molecule has 24 heavy (non-hydrogen) atoms. The number of hydrogen-bond acceptors (Lipinski definition) is 3. The fourth-order valence-electron chi connectivity index (χ4n) is 3.14. The zero-order chi connectivity index (χ0) is 16.9. The average Bonchev–Trinajstić information content (AvgIpc) is 3.11. The Morgan fingerprint density at radius 3 is 2.62 bits per heavy atom. The number of benzene rings is 1. The quantitative estimate of drug-likeness (QED) is 0.874. The number of carbonyl (C=O) groups is 2. The Morgan fingerprint density at radius 1 is 1.12 bits per heavy atom. The molecule has 0 saturated heterocycles. The minimum absolute atomic E-state index is 0.0824. The van der Waals surface area contributed by atoms with Gasteiger partial charge in [-0.25, -0.2) is 4.79 Å². The highest BCUT2D eigenvalue weighted by atomic mass is 16.4. The summed E-state index contributed by atoms with van der Waals surface area (Å²) in [6.45, 7) is 0.468. The van der Waals surface area contributed by atoms with Crippen LogP contribution in [0.15, 0.2) is 40.8 Å². The summed E-state index contributed by atoms with van der Waals surface area (Å²) in [5, 5.41) is 11.9.